The van der Waals surface area contributed by atoms with Gasteiger partial charge in [0.05, 0.1) is 18.1 Å². The van der Waals surface area contributed by atoms with E-state index in [0.717, 1.165) is 31.5 Å². The monoisotopic (exact) mass is 293 g/mol. The van der Waals surface area contributed by atoms with Gasteiger partial charge in [-0.25, -0.2) is 0 Å². The lowest BCUT2D eigenvalue weighted by Gasteiger charge is -2.26. The van der Waals surface area contributed by atoms with Gasteiger partial charge in [-0.1, -0.05) is 0 Å². The SMILES string of the molecule is COc1cc(CN(C)C2CCCNCC2)cc([N+](=O)[O-])c1. The van der Waals surface area contributed by atoms with E-state index >= 15 is 0 Å². The molecule has 1 N–H and O–H groups in total. The molecule has 1 saturated heterocycles. The second kappa shape index (κ2) is 7.38. The second-order valence-electron chi connectivity index (χ2n) is 5.55. The summed E-state index contributed by atoms with van der Waals surface area (Å²) in [6, 6.07) is 5.48. The molecule has 0 aliphatic carbocycles. The lowest BCUT2D eigenvalue weighted by Crippen LogP contribution is -2.32. The minimum Gasteiger partial charge on any atom is -0.496 e. The highest BCUT2D eigenvalue weighted by molar-refractivity contribution is 5.42. The Labute approximate surface area is 125 Å². The zero-order chi connectivity index (χ0) is 15.2. The molecule has 21 heavy (non-hydrogen) atoms. The van der Waals surface area contributed by atoms with Crippen molar-refractivity contribution in [1.82, 2.24) is 10.2 Å². The van der Waals surface area contributed by atoms with E-state index in [9.17, 15) is 10.1 Å². The Morgan fingerprint density at radius 3 is 2.90 bits per heavy atom. The van der Waals surface area contributed by atoms with Crippen molar-refractivity contribution in [2.75, 3.05) is 27.2 Å². The van der Waals surface area contributed by atoms with Crippen molar-refractivity contribution in [3.05, 3.63) is 33.9 Å². The lowest BCUT2D eigenvalue weighted by atomic mass is 10.1. The fourth-order valence-electron chi connectivity index (χ4n) is 2.82. The molecule has 0 amide bonds. The Balaban J connectivity index is 2.10. The van der Waals surface area contributed by atoms with Crippen molar-refractivity contribution in [3.8, 4) is 5.75 Å². The predicted molar refractivity (Wildman–Crippen MR) is 81.6 cm³/mol. The molecule has 0 spiro atoms. The molecule has 1 heterocycles. The average Bonchev–Trinajstić information content (AvgIpc) is 2.75. The van der Waals surface area contributed by atoms with Crippen LogP contribution in [0, 0.1) is 10.1 Å². The summed E-state index contributed by atoms with van der Waals surface area (Å²) in [6.07, 6.45) is 3.45. The van der Waals surface area contributed by atoms with Gasteiger partial charge in [-0.2, -0.15) is 0 Å². The highest BCUT2D eigenvalue weighted by Crippen LogP contribution is 2.24. The summed E-state index contributed by atoms with van der Waals surface area (Å²) in [6.45, 7) is 2.81. The van der Waals surface area contributed by atoms with Crippen LogP contribution in [0.3, 0.4) is 0 Å². The van der Waals surface area contributed by atoms with Gasteiger partial charge < -0.3 is 10.1 Å². The fourth-order valence-corrected chi connectivity index (χ4v) is 2.82. The first-order valence-corrected chi connectivity index (χ1v) is 7.33. The van der Waals surface area contributed by atoms with Gasteiger partial charge in [0.15, 0.2) is 0 Å². The number of rotatable bonds is 5. The van der Waals surface area contributed by atoms with Crippen molar-refractivity contribution < 1.29 is 9.66 Å². The number of hydrogen-bond donors (Lipinski definition) is 1. The van der Waals surface area contributed by atoms with Crippen LogP contribution in [0.5, 0.6) is 5.75 Å². The predicted octanol–water partition coefficient (Wildman–Crippen LogP) is 2.18. The van der Waals surface area contributed by atoms with Gasteiger partial charge in [0, 0.05) is 18.7 Å². The first-order valence-electron chi connectivity index (χ1n) is 7.33. The molecule has 1 aliphatic rings. The molecule has 0 bridgehead atoms. The zero-order valence-corrected chi connectivity index (χ0v) is 12.7. The Bertz CT molecular complexity index is 485. The molecule has 0 radical (unpaired) electrons. The number of nitro benzene ring substituents is 1. The van der Waals surface area contributed by atoms with Crippen LogP contribution in [0.2, 0.25) is 0 Å². The molecular formula is C15H23N3O3. The van der Waals surface area contributed by atoms with Crippen molar-refractivity contribution >= 4 is 5.69 Å². The Morgan fingerprint density at radius 2 is 2.19 bits per heavy atom. The van der Waals surface area contributed by atoms with Crippen LogP contribution in [0.1, 0.15) is 24.8 Å². The molecule has 6 nitrogen and oxygen atoms in total. The maximum absolute atomic E-state index is 11.0. The van der Waals surface area contributed by atoms with Crippen LogP contribution in [0.25, 0.3) is 0 Å². The number of hydrogen-bond acceptors (Lipinski definition) is 5. The molecule has 1 unspecified atom stereocenters. The van der Waals surface area contributed by atoms with Crippen LogP contribution in [0.4, 0.5) is 5.69 Å². The summed E-state index contributed by atoms with van der Waals surface area (Å²) in [5.74, 6) is 0.537. The molecule has 2 rings (SSSR count). The summed E-state index contributed by atoms with van der Waals surface area (Å²) >= 11 is 0. The van der Waals surface area contributed by atoms with Gasteiger partial charge in [0.25, 0.3) is 5.69 Å². The smallest absolute Gasteiger partial charge is 0.273 e. The van der Waals surface area contributed by atoms with E-state index in [-0.39, 0.29) is 10.6 Å². The molecule has 1 aromatic carbocycles. The number of nitro groups is 1. The number of nitrogens with one attached hydrogen (secondary N) is 1. The van der Waals surface area contributed by atoms with Crippen LogP contribution in [0.15, 0.2) is 18.2 Å². The molecule has 0 aromatic heterocycles. The minimum atomic E-state index is -0.373. The average molecular weight is 293 g/mol. The standard InChI is InChI=1S/C15H23N3O3/c1-17(13-4-3-6-16-7-5-13)11-12-8-14(18(19)20)10-15(9-12)21-2/h8-10,13,16H,3-7,11H2,1-2H3. The second-order valence-corrected chi connectivity index (χ2v) is 5.55. The molecule has 1 aromatic rings. The summed E-state index contributed by atoms with van der Waals surface area (Å²) in [5, 5.41) is 14.4. The maximum atomic E-state index is 11.0. The Hall–Kier alpha value is -1.66. The van der Waals surface area contributed by atoms with Crippen LogP contribution in [-0.2, 0) is 6.54 Å². The summed E-state index contributed by atoms with van der Waals surface area (Å²) in [7, 11) is 3.62. The topological polar surface area (TPSA) is 67.6 Å². The lowest BCUT2D eigenvalue weighted by molar-refractivity contribution is -0.385. The van der Waals surface area contributed by atoms with Crippen LogP contribution in [-0.4, -0.2) is 43.1 Å². The van der Waals surface area contributed by atoms with Crippen LogP contribution >= 0.6 is 0 Å². The third-order valence-corrected chi connectivity index (χ3v) is 4.00. The number of nitrogens with zero attached hydrogens (tertiary/aromatic N) is 2. The van der Waals surface area contributed by atoms with Crippen LogP contribution < -0.4 is 10.1 Å². The largest absolute Gasteiger partial charge is 0.496 e. The van der Waals surface area contributed by atoms with Crippen molar-refractivity contribution in [2.24, 2.45) is 0 Å². The Kier molecular flexibility index (Phi) is 5.52. The van der Waals surface area contributed by atoms with E-state index < -0.39 is 0 Å². The van der Waals surface area contributed by atoms with E-state index in [1.165, 1.54) is 19.6 Å². The van der Waals surface area contributed by atoms with Crippen molar-refractivity contribution in [1.29, 1.82) is 0 Å². The minimum absolute atomic E-state index is 0.0836. The molecule has 0 saturated carbocycles. The van der Waals surface area contributed by atoms with E-state index in [1.54, 1.807) is 6.07 Å². The zero-order valence-electron chi connectivity index (χ0n) is 12.7. The molecular weight excluding hydrogens is 270 g/mol. The van der Waals surface area contributed by atoms with E-state index in [2.05, 4.69) is 17.3 Å². The van der Waals surface area contributed by atoms with E-state index in [0.29, 0.717) is 18.3 Å². The van der Waals surface area contributed by atoms with E-state index in [4.69, 9.17) is 4.74 Å². The number of methoxy groups -OCH3 is 1. The quantitative estimate of drug-likeness (QED) is 0.665. The number of benzene rings is 1. The maximum Gasteiger partial charge on any atom is 0.273 e. The highest BCUT2D eigenvalue weighted by atomic mass is 16.6. The van der Waals surface area contributed by atoms with Gasteiger partial charge in [0.2, 0.25) is 0 Å². The molecule has 6 heteroatoms. The fraction of sp³-hybridized carbons (Fsp3) is 0.600. The summed E-state index contributed by atoms with van der Waals surface area (Å²) < 4.78 is 5.16. The summed E-state index contributed by atoms with van der Waals surface area (Å²) in [4.78, 5) is 12.9. The normalized spacial score (nSPS) is 19.3. The molecule has 1 aliphatic heterocycles. The molecule has 1 atom stereocenters. The van der Waals surface area contributed by atoms with Gasteiger partial charge in [-0.3, -0.25) is 15.0 Å². The summed E-state index contributed by atoms with van der Waals surface area (Å²) in [5.41, 5.74) is 1.00. The van der Waals surface area contributed by atoms with Gasteiger partial charge >= 0.3 is 0 Å². The first-order chi connectivity index (χ1) is 10.1. The highest BCUT2D eigenvalue weighted by Gasteiger charge is 2.18. The molecule has 116 valence electrons. The first kappa shape index (κ1) is 15.7. The third-order valence-electron chi connectivity index (χ3n) is 4.00. The van der Waals surface area contributed by atoms with Crippen molar-refractivity contribution in [2.45, 2.75) is 31.8 Å². The number of ether oxygens (including phenoxy) is 1. The number of non-ortho nitro benzene ring substituents is 1. The Morgan fingerprint density at radius 1 is 1.38 bits per heavy atom. The van der Waals surface area contributed by atoms with Crippen molar-refractivity contribution in [3.63, 3.8) is 0 Å². The van der Waals surface area contributed by atoms with Gasteiger partial charge in [-0.05, 0) is 51.0 Å². The van der Waals surface area contributed by atoms with Gasteiger partial charge in [0.1, 0.15) is 5.75 Å². The van der Waals surface area contributed by atoms with Gasteiger partial charge in [-0.15, -0.1) is 0 Å². The van der Waals surface area contributed by atoms with E-state index in [1.807, 2.05) is 6.07 Å². The third kappa shape index (κ3) is 4.41. The molecule has 1 fully saturated rings.